The van der Waals surface area contributed by atoms with Crippen LogP contribution in [0.2, 0.25) is 0 Å². The lowest BCUT2D eigenvalue weighted by atomic mass is 10.1. The van der Waals surface area contributed by atoms with Crippen LogP contribution >= 0.6 is 0 Å². The molecular weight excluding hydrogens is 354 g/mol. The van der Waals surface area contributed by atoms with Gasteiger partial charge in [-0.1, -0.05) is 18.2 Å². The number of nitrogens with one attached hydrogen (secondary N) is 2. The third-order valence-electron chi connectivity index (χ3n) is 4.51. The molecular formula is C22H29N3O3. The minimum absolute atomic E-state index is 0.205. The Labute approximate surface area is 166 Å². The van der Waals surface area contributed by atoms with Crippen LogP contribution < -0.4 is 20.3 Å². The third-order valence-corrected chi connectivity index (χ3v) is 4.51. The molecule has 2 aromatic carbocycles. The molecule has 0 unspecified atom stereocenters. The van der Waals surface area contributed by atoms with E-state index in [1.165, 1.54) is 0 Å². The van der Waals surface area contributed by atoms with Crippen LogP contribution in [-0.4, -0.2) is 38.6 Å². The van der Waals surface area contributed by atoms with E-state index >= 15 is 0 Å². The molecule has 0 aromatic heterocycles. The van der Waals surface area contributed by atoms with E-state index in [0.717, 1.165) is 30.1 Å². The van der Waals surface area contributed by atoms with E-state index in [1.54, 1.807) is 7.11 Å². The molecule has 6 heteroatoms. The van der Waals surface area contributed by atoms with E-state index in [9.17, 15) is 9.59 Å². The quantitative estimate of drug-likeness (QED) is 0.618. The molecule has 0 aliphatic heterocycles. The average molecular weight is 383 g/mol. The minimum atomic E-state index is -0.328. The summed E-state index contributed by atoms with van der Waals surface area (Å²) < 4.78 is 5.29. The van der Waals surface area contributed by atoms with Gasteiger partial charge in [0, 0.05) is 31.0 Å². The van der Waals surface area contributed by atoms with Gasteiger partial charge < -0.3 is 20.3 Å². The van der Waals surface area contributed by atoms with Gasteiger partial charge in [-0.05, 0) is 56.2 Å². The van der Waals surface area contributed by atoms with Crippen LogP contribution in [-0.2, 0) is 16.0 Å². The van der Waals surface area contributed by atoms with Crippen LogP contribution in [0.4, 0.5) is 11.4 Å². The van der Waals surface area contributed by atoms with Crippen molar-refractivity contribution < 1.29 is 14.3 Å². The van der Waals surface area contributed by atoms with Crippen molar-refractivity contribution >= 4 is 23.2 Å². The number of rotatable bonds is 10. The number of methoxy groups -OCH3 is 1. The first kappa shape index (κ1) is 21.3. The SMILES string of the molecule is CCN(CC)c1ccc(NC(=O)CC(=O)NCCc2ccccc2OC)cc1. The number of benzene rings is 2. The van der Waals surface area contributed by atoms with Crippen LogP contribution in [0.1, 0.15) is 25.8 Å². The highest BCUT2D eigenvalue weighted by molar-refractivity contribution is 6.03. The first-order valence-electron chi connectivity index (χ1n) is 9.60. The fourth-order valence-electron chi connectivity index (χ4n) is 3.00. The first-order valence-corrected chi connectivity index (χ1v) is 9.60. The van der Waals surface area contributed by atoms with Crippen LogP contribution in [0.25, 0.3) is 0 Å². The lowest BCUT2D eigenvalue weighted by Crippen LogP contribution is -2.29. The molecule has 0 saturated carbocycles. The van der Waals surface area contributed by atoms with Crippen molar-refractivity contribution in [1.29, 1.82) is 0 Å². The van der Waals surface area contributed by atoms with E-state index in [-0.39, 0.29) is 18.2 Å². The van der Waals surface area contributed by atoms with E-state index in [1.807, 2.05) is 48.5 Å². The molecule has 0 bridgehead atoms. The van der Waals surface area contributed by atoms with Crippen LogP contribution in [0.3, 0.4) is 0 Å². The maximum absolute atomic E-state index is 12.1. The number of amides is 2. The summed E-state index contributed by atoms with van der Waals surface area (Å²) in [4.78, 5) is 26.3. The van der Waals surface area contributed by atoms with Gasteiger partial charge in [0.2, 0.25) is 11.8 Å². The van der Waals surface area contributed by atoms with Gasteiger partial charge >= 0.3 is 0 Å². The molecule has 0 heterocycles. The molecule has 2 N–H and O–H groups in total. The summed E-state index contributed by atoms with van der Waals surface area (Å²) in [7, 11) is 1.62. The topological polar surface area (TPSA) is 70.7 Å². The van der Waals surface area contributed by atoms with Crippen molar-refractivity contribution in [2.75, 3.05) is 37.0 Å². The monoisotopic (exact) mass is 383 g/mol. The Kier molecular flexibility index (Phi) is 8.34. The fourth-order valence-corrected chi connectivity index (χ4v) is 3.00. The molecule has 2 rings (SSSR count). The molecule has 0 aliphatic rings. The third kappa shape index (κ3) is 6.30. The molecule has 0 spiro atoms. The number of carbonyl (C=O) groups is 2. The van der Waals surface area contributed by atoms with Crippen molar-refractivity contribution in [3.8, 4) is 5.75 Å². The maximum atomic E-state index is 12.1. The van der Waals surface area contributed by atoms with E-state index in [0.29, 0.717) is 18.7 Å². The number of anilines is 2. The Morgan fingerprint density at radius 2 is 1.64 bits per heavy atom. The van der Waals surface area contributed by atoms with E-state index in [2.05, 4.69) is 29.4 Å². The highest BCUT2D eigenvalue weighted by Crippen LogP contribution is 2.18. The van der Waals surface area contributed by atoms with Crippen molar-refractivity contribution in [3.63, 3.8) is 0 Å². The van der Waals surface area contributed by atoms with Gasteiger partial charge in [0.1, 0.15) is 12.2 Å². The number of para-hydroxylation sites is 1. The first-order chi connectivity index (χ1) is 13.6. The molecule has 0 atom stereocenters. The van der Waals surface area contributed by atoms with Gasteiger partial charge in [0.05, 0.1) is 7.11 Å². The van der Waals surface area contributed by atoms with Crippen LogP contribution in [0.15, 0.2) is 48.5 Å². The van der Waals surface area contributed by atoms with Gasteiger partial charge in [-0.3, -0.25) is 9.59 Å². The van der Waals surface area contributed by atoms with Crippen LogP contribution in [0, 0.1) is 0 Å². The highest BCUT2D eigenvalue weighted by atomic mass is 16.5. The average Bonchev–Trinajstić information content (AvgIpc) is 2.70. The predicted octanol–water partition coefficient (Wildman–Crippen LogP) is 3.23. The molecule has 0 saturated heterocycles. The second-order valence-electron chi connectivity index (χ2n) is 6.36. The lowest BCUT2D eigenvalue weighted by molar-refractivity contribution is -0.126. The molecule has 0 fully saturated rings. The zero-order chi connectivity index (χ0) is 20.4. The van der Waals surface area contributed by atoms with Crippen molar-refractivity contribution in [2.24, 2.45) is 0 Å². The van der Waals surface area contributed by atoms with Gasteiger partial charge in [0.25, 0.3) is 0 Å². The maximum Gasteiger partial charge on any atom is 0.233 e. The fraction of sp³-hybridized carbons (Fsp3) is 0.364. The number of hydrogen-bond acceptors (Lipinski definition) is 4. The van der Waals surface area contributed by atoms with E-state index < -0.39 is 0 Å². The predicted molar refractivity (Wildman–Crippen MR) is 113 cm³/mol. The normalized spacial score (nSPS) is 10.2. The molecule has 6 nitrogen and oxygen atoms in total. The summed E-state index contributed by atoms with van der Waals surface area (Å²) in [6.07, 6.45) is 0.438. The molecule has 0 aliphatic carbocycles. The summed E-state index contributed by atoms with van der Waals surface area (Å²) >= 11 is 0. The number of carbonyl (C=O) groups excluding carboxylic acids is 2. The van der Waals surface area contributed by atoms with E-state index in [4.69, 9.17) is 4.74 Å². The van der Waals surface area contributed by atoms with Crippen LogP contribution in [0.5, 0.6) is 5.75 Å². The largest absolute Gasteiger partial charge is 0.496 e. The smallest absolute Gasteiger partial charge is 0.233 e. The van der Waals surface area contributed by atoms with Gasteiger partial charge in [-0.2, -0.15) is 0 Å². The zero-order valence-corrected chi connectivity index (χ0v) is 16.8. The zero-order valence-electron chi connectivity index (χ0n) is 16.8. The molecule has 0 radical (unpaired) electrons. The van der Waals surface area contributed by atoms with Gasteiger partial charge in [-0.15, -0.1) is 0 Å². The Morgan fingerprint density at radius 3 is 2.29 bits per heavy atom. The highest BCUT2D eigenvalue weighted by Gasteiger charge is 2.10. The summed E-state index contributed by atoms with van der Waals surface area (Å²) in [5.74, 6) is 0.167. The Bertz CT molecular complexity index is 771. The summed E-state index contributed by atoms with van der Waals surface area (Å²) in [6.45, 7) is 6.51. The summed E-state index contributed by atoms with van der Waals surface area (Å²) in [5.41, 5.74) is 2.81. The number of nitrogens with zero attached hydrogens (tertiary/aromatic N) is 1. The van der Waals surface area contributed by atoms with Crippen molar-refractivity contribution in [3.05, 3.63) is 54.1 Å². The Balaban J connectivity index is 1.77. The van der Waals surface area contributed by atoms with Crippen molar-refractivity contribution in [1.82, 2.24) is 5.32 Å². The second kappa shape index (κ2) is 11.0. The molecule has 28 heavy (non-hydrogen) atoms. The molecule has 2 aromatic rings. The van der Waals surface area contributed by atoms with Crippen molar-refractivity contribution in [2.45, 2.75) is 26.7 Å². The van der Waals surface area contributed by atoms with Gasteiger partial charge in [0.15, 0.2) is 0 Å². The molecule has 2 amide bonds. The summed E-state index contributed by atoms with van der Waals surface area (Å²) in [5, 5.41) is 5.54. The van der Waals surface area contributed by atoms with Gasteiger partial charge in [-0.25, -0.2) is 0 Å². The number of ether oxygens (including phenoxy) is 1. The second-order valence-corrected chi connectivity index (χ2v) is 6.36. The minimum Gasteiger partial charge on any atom is -0.496 e. The Hall–Kier alpha value is -3.02. The summed E-state index contributed by atoms with van der Waals surface area (Å²) in [6, 6.07) is 15.3. The lowest BCUT2D eigenvalue weighted by Gasteiger charge is -2.21. The number of hydrogen-bond donors (Lipinski definition) is 2. The Morgan fingerprint density at radius 1 is 0.964 bits per heavy atom. The molecule has 150 valence electrons. The standard InChI is InChI=1S/C22H29N3O3/c1-4-25(5-2)19-12-10-18(11-13-19)24-22(27)16-21(26)23-15-14-17-8-6-7-9-20(17)28-3/h6-13H,4-5,14-16H2,1-3H3,(H,23,26)(H,24,27).